The van der Waals surface area contributed by atoms with Gasteiger partial charge in [-0.05, 0) is 43.4 Å². The van der Waals surface area contributed by atoms with Crippen LogP contribution in [-0.4, -0.2) is 30.1 Å². The molecule has 0 aliphatic carbocycles. The maximum absolute atomic E-state index is 12.2. The lowest BCUT2D eigenvalue weighted by Gasteiger charge is -2.20. The van der Waals surface area contributed by atoms with Gasteiger partial charge in [-0.2, -0.15) is 0 Å². The molecule has 0 spiro atoms. The van der Waals surface area contributed by atoms with Crippen molar-refractivity contribution >= 4 is 17.6 Å². The van der Waals surface area contributed by atoms with E-state index in [1.807, 2.05) is 18.2 Å². The lowest BCUT2D eigenvalue weighted by atomic mass is 9.97. The fourth-order valence-electron chi connectivity index (χ4n) is 2.60. The summed E-state index contributed by atoms with van der Waals surface area (Å²) in [5, 5.41) is 14.8. The van der Waals surface area contributed by atoms with E-state index in [9.17, 15) is 9.59 Å². The van der Waals surface area contributed by atoms with Crippen molar-refractivity contribution in [3.05, 3.63) is 29.3 Å². The first-order valence-corrected chi connectivity index (χ1v) is 7.54. The highest BCUT2D eigenvalue weighted by Crippen LogP contribution is 2.25. The van der Waals surface area contributed by atoms with Crippen LogP contribution in [0.2, 0.25) is 0 Å². The molecule has 1 heterocycles. The third kappa shape index (κ3) is 4.48. The summed E-state index contributed by atoms with van der Waals surface area (Å²) < 4.78 is 0. The van der Waals surface area contributed by atoms with Crippen molar-refractivity contribution < 1.29 is 14.7 Å². The van der Waals surface area contributed by atoms with Crippen LogP contribution in [0.1, 0.15) is 48.0 Å². The number of carbonyl (C=O) groups excluding carboxylic acids is 1. The molecule has 1 aromatic rings. The van der Waals surface area contributed by atoms with Crippen LogP contribution in [0.15, 0.2) is 18.2 Å². The first kappa shape index (κ1) is 15.4. The summed E-state index contributed by atoms with van der Waals surface area (Å²) in [6.45, 7) is 1.55. The van der Waals surface area contributed by atoms with E-state index < -0.39 is 5.97 Å². The molecule has 0 bridgehead atoms. The predicted octanol–water partition coefficient (Wildman–Crippen LogP) is 2.42. The summed E-state index contributed by atoms with van der Waals surface area (Å²) in [6.07, 6.45) is 4.48. The standard InChI is InChI=1S/C16H22N2O3/c19-15(20)9-2-1-3-10-18-16(21)13-6-4-8-14-12(13)7-5-11-17-14/h4,6,8,17H,1-3,5,7,9-11H2,(H,18,21)(H,19,20). The zero-order valence-electron chi connectivity index (χ0n) is 12.2. The molecule has 0 saturated heterocycles. The molecule has 0 saturated carbocycles. The molecule has 0 atom stereocenters. The molecular formula is C16H22N2O3. The first-order chi connectivity index (χ1) is 10.2. The zero-order valence-corrected chi connectivity index (χ0v) is 12.2. The first-order valence-electron chi connectivity index (χ1n) is 7.54. The van der Waals surface area contributed by atoms with Gasteiger partial charge in [0.25, 0.3) is 5.91 Å². The lowest BCUT2D eigenvalue weighted by molar-refractivity contribution is -0.137. The zero-order chi connectivity index (χ0) is 15.1. The number of fused-ring (bicyclic) bond motifs is 1. The number of unbranched alkanes of at least 4 members (excludes halogenated alkanes) is 2. The number of hydrogen-bond donors (Lipinski definition) is 3. The van der Waals surface area contributed by atoms with E-state index in [4.69, 9.17) is 5.11 Å². The van der Waals surface area contributed by atoms with Crippen LogP contribution in [-0.2, 0) is 11.2 Å². The average molecular weight is 290 g/mol. The Hall–Kier alpha value is -2.04. The van der Waals surface area contributed by atoms with E-state index >= 15 is 0 Å². The second kappa shape index (κ2) is 7.67. The molecule has 5 nitrogen and oxygen atoms in total. The summed E-state index contributed by atoms with van der Waals surface area (Å²) in [6, 6.07) is 5.78. The number of hydrogen-bond acceptors (Lipinski definition) is 3. The number of carbonyl (C=O) groups is 2. The molecule has 2 rings (SSSR count). The molecule has 21 heavy (non-hydrogen) atoms. The smallest absolute Gasteiger partial charge is 0.303 e. The molecule has 0 radical (unpaired) electrons. The minimum atomic E-state index is -0.762. The van der Waals surface area contributed by atoms with Gasteiger partial charge in [-0.15, -0.1) is 0 Å². The van der Waals surface area contributed by atoms with E-state index in [0.717, 1.165) is 49.0 Å². The van der Waals surface area contributed by atoms with Gasteiger partial charge in [0.05, 0.1) is 0 Å². The highest BCUT2D eigenvalue weighted by molar-refractivity contribution is 5.97. The Morgan fingerprint density at radius 1 is 1.24 bits per heavy atom. The van der Waals surface area contributed by atoms with Gasteiger partial charge in [-0.25, -0.2) is 0 Å². The van der Waals surface area contributed by atoms with Crippen LogP contribution in [0.25, 0.3) is 0 Å². The van der Waals surface area contributed by atoms with Crippen molar-refractivity contribution in [2.24, 2.45) is 0 Å². The number of aliphatic carboxylic acids is 1. The van der Waals surface area contributed by atoms with Crippen molar-refractivity contribution in [2.75, 3.05) is 18.4 Å². The van der Waals surface area contributed by atoms with Gasteiger partial charge >= 0.3 is 5.97 Å². The van der Waals surface area contributed by atoms with Crippen LogP contribution in [0.3, 0.4) is 0 Å². The maximum Gasteiger partial charge on any atom is 0.303 e. The number of anilines is 1. The van der Waals surface area contributed by atoms with E-state index in [1.54, 1.807) is 0 Å². The molecule has 1 aliphatic rings. The number of amides is 1. The van der Waals surface area contributed by atoms with Crippen molar-refractivity contribution in [3.8, 4) is 0 Å². The molecule has 1 aliphatic heterocycles. The summed E-state index contributed by atoms with van der Waals surface area (Å²) in [7, 11) is 0. The third-order valence-electron chi connectivity index (χ3n) is 3.69. The Labute approximate surface area is 124 Å². The Kier molecular flexibility index (Phi) is 5.60. The Bertz CT molecular complexity index is 514. The lowest BCUT2D eigenvalue weighted by Crippen LogP contribution is -2.27. The molecule has 114 valence electrons. The average Bonchev–Trinajstić information content (AvgIpc) is 2.49. The van der Waals surface area contributed by atoms with Crippen LogP contribution in [0.4, 0.5) is 5.69 Å². The molecule has 0 unspecified atom stereocenters. The van der Waals surface area contributed by atoms with Gasteiger partial charge < -0.3 is 15.7 Å². The SMILES string of the molecule is O=C(O)CCCCCNC(=O)c1cccc2c1CCCN2. The van der Waals surface area contributed by atoms with E-state index in [0.29, 0.717) is 13.0 Å². The highest BCUT2D eigenvalue weighted by atomic mass is 16.4. The molecule has 1 amide bonds. The number of carboxylic acids is 1. The molecule has 1 aromatic carbocycles. The third-order valence-corrected chi connectivity index (χ3v) is 3.69. The quantitative estimate of drug-likeness (QED) is 0.674. The fourth-order valence-corrected chi connectivity index (χ4v) is 2.60. The summed E-state index contributed by atoms with van der Waals surface area (Å²) in [4.78, 5) is 22.6. The van der Waals surface area contributed by atoms with Crippen LogP contribution >= 0.6 is 0 Å². The van der Waals surface area contributed by atoms with Crippen molar-refractivity contribution in [2.45, 2.75) is 38.5 Å². The topological polar surface area (TPSA) is 78.4 Å². The Balaban J connectivity index is 1.80. The van der Waals surface area contributed by atoms with Gasteiger partial charge in [0, 0.05) is 30.8 Å². The van der Waals surface area contributed by atoms with E-state index in [2.05, 4.69) is 10.6 Å². The van der Waals surface area contributed by atoms with Crippen LogP contribution < -0.4 is 10.6 Å². The van der Waals surface area contributed by atoms with Crippen molar-refractivity contribution in [1.82, 2.24) is 5.32 Å². The number of carboxylic acid groups (broad SMARTS) is 1. The minimum absolute atomic E-state index is 0.0335. The molecule has 0 aromatic heterocycles. The summed E-state index contributed by atoms with van der Waals surface area (Å²) >= 11 is 0. The Morgan fingerprint density at radius 3 is 2.90 bits per heavy atom. The normalized spacial score (nSPS) is 13.1. The number of benzene rings is 1. The summed E-state index contributed by atoms with van der Waals surface area (Å²) in [5.41, 5.74) is 2.92. The second-order valence-corrected chi connectivity index (χ2v) is 5.32. The van der Waals surface area contributed by atoms with Gasteiger partial charge in [0.2, 0.25) is 0 Å². The predicted molar refractivity (Wildman–Crippen MR) is 81.7 cm³/mol. The van der Waals surface area contributed by atoms with Gasteiger partial charge in [0.15, 0.2) is 0 Å². The molecule has 0 fully saturated rings. The largest absolute Gasteiger partial charge is 0.481 e. The number of rotatable bonds is 7. The Morgan fingerprint density at radius 2 is 2.10 bits per heavy atom. The number of nitrogens with one attached hydrogen (secondary N) is 2. The van der Waals surface area contributed by atoms with Crippen molar-refractivity contribution in [3.63, 3.8) is 0 Å². The molecule has 3 N–H and O–H groups in total. The van der Waals surface area contributed by atoms with Gasteiger partial charge in [-0.1, -0.05) is 12.5 Å². The van der Waals surface area contributed by atoms with Gasteiger partial charge in [-0.3, -0.25) is 9.59 Å². The van der Waals surface area contributed by atoms with Crippen molar-refractivity contribution in [1.29, 1.82) is 0 Å². The maximum atomic E-state index is 12.2. The van der Waals surface area contributed by atoms with Crippen LogP contribution in [0.5, 0.6) is 0 Å². The monoisotopic (exact) mass is 290 g/mol. The molecular weight excluding hydrogens is 268 g/mol. The fraction of sp³-hybridized carbons (Fsp3) is 0.500. The van der Waals surface area contributed by atoms with E-state index in [-0.39, 0.29) is 12.3 Å². The minimum Gasteiger partial charge on any atom is -0.481 e. The highest BCUT2D eigenvalue weighted by Gasteiger charge is 2.16. The van der Waals surface area contributed by atoms with E-state index in [1.165, 1.54) is 0 Å². The second-order valence-electron chi connectivity index (χ2n) is 5.32. The summed E-state index contributed by atoms with van der Waals surface area (Å²) in [5.74, 6) is -0.795. The van der Waals surface area contributed by atoms with Gasteiger partial charge in [0.1, 0.15) is 0 Å². The van der Waals surface area contributed by atoms with Crippen LogP contribution in [0, 0.1) is 0 Å². The molecule has 5 heteroatoms.